The van der Waals surface area contributed by atoms with Crippen LogP contribution in [0.4, 0.5) is 19.6 Å². The maximum atomic E-state index is 13.6. The van der Waals surface area contributed by atoms with Gasteiger partial charge in [-0.1, -0.05) is 53.4 Å². The number of anilines is 2. The minimum Gasteiger partial charge on any atom is -0.299 e. The first kappa shape index (κ1) is 23.1. The van der Waals surface area contributed by atoms with E-state index < -0.39 is 33.6 Å². The van der Waals surface area contributed by atoms with Gasteiger partial charge >= 0.3 is 0 Å². The van der Waals surface area contributed by atoms with Crippen molar-refractivity contribution in [3.05, 3.63) is 65.7 Å². The average Bonchev–Trinajstić information content (AvgIpc) is 3.16. The highest BCUT2D eigenvalue weighted by molar-refractivity contribution is 8.00. The second-order valence-corrected chi connectivity index (χ2v) is 10.5. The number of hydrogen-bond donors (Lipinski definition) is 1. The molecule has 164 valence electrons. The molecule has 3 rings (SSSR count). The summed E-state index contributed by atoms with van der Waals surface area (Å²) in [4.78, 5) is 12.7. The van der Waals surface area contributed by atoms with Gasteiger partial charge in [-0.25, -0.2) is 17.2 Å². The summed E-state index contributed by atoms with van der Waals surface area (Å²) in [6.45, 7) is 1.34. The van der Waals surface area contributed by atoms with Gasteiger partial charge in [0.25, 0.3) is 0 Å². The number of carbonyl (C=O) groups is 1. The van der Waals surface area contributed by atoms with E-state index in [1.165, 1.54) is 18.7 Å². The summed E-state index contributed by atoms with van der Waals surface area (Å²) < 4.78 is 52.7. The molecule has 0 spiro atoms. The highest BCUT2D eigenvalue weighted by Crippen LogP contribution is 2.29. The predicted molar refractivity (Wildman–Crippen MR) is 118 cm³/mol. The van der Waals surface area contributed by atoms with E-state index >= 15 is 0 Å². The Balaban J connectivity index is 1.71. The van der Waals surface area contributed by atoms with Crippen molar-refractivity contribution in [3.63, 3.8) is 0 Å². The Kier molecular flexibility index (Phi) is 7.23. The SMILES string of the molecule is C[C@H](C(=O)Nc1nnc(SCc2ccccc2)s1)N(c1ccc(F)c(F)c1)S(C)(=O)=O. The standard InChI is InChI=1S/C19H18F2N4O3S3/c1-12(25(31(2,27)28)14-8-9-15(20)16(21)10-14)17(26)22-18-23-24-19(30-18)29-11-13-6-4-3-5-7-13/h3-10,12H,11H2,1-2H3,(H,22,23,26)/t12-/m1/s1. The summed E-state index contributed by atoms with van der Waals surface area (Å²) in [6, 6.07) is 11.1. The lowest BCUT2D eigenvalue weighted by atomic mass is 10.2. The average molecular weight is 485 g/mol. The van der Waals surface area contributed by atoms with E-state index in [1.54, 1.807) is 0 Å². The number of amides is 1. The van der Waals surface area contributed by atoms with Gasteiger partial charge in [0.05, 0.1) is 11.9 Å². The zero-order chi connectivity index (χ0) is 22.6. The number of sulfonamides is 1. The molecule has 0 fully saturated rings. The monoisotopic (exact) mass is 484 g/mol. The summed E-state index contributed by atoms with van der Waals surface area (Å²) in [5.41, 5.74) is 0.942. The van der Waals surface area contributed by atoms with Gasteiger partial charge in [0.1, 0.15) is 6.04 Å². The van der Waals surface area contributed by atoms with Crippen LogP contribution in [-0.4, -0.2) is 36.8 Å². The Hall–Kier alpha value is -2.57. The van der Waals surface area contributed by atoms with Crippen LogP contribution in [0.2, 0.25) is 0 Å². The lowest BCUT2D eigenvalue weighted by molar-refractivity contribution is -0.116. The van der Waals surface area contributed by atoms with Crippen LogP contribution in [0.25, 0.3) is 0 Å². The van der Waals surface area contributed by atoms with E-state index in [2.05, 4.69) is 15.5 Å². The number of thioether (sulfide) groups is 1. The molecular formula is C19H18F2N4O3S3. The second kappa shape index (κ2) is 9.71. The number of nitrogens with one attached hydrogen (secondary N) is 1. The molecule has 0 radical (unpaired) electrons. The van der Waals surface area contributed by atoms with Gasteiger partial charge in [-0.2, -0.15) is 0 Å². The normalized spacial score (nSPS) is 12.4. The highest BCUT2D eigenvalue weighted by Gasteiger charge is 2.30. The van der Waals surface area contributed by atoms with Gasteiger partial charge in [0.2, 0.25) is 21.1 Å². The maximum absolute atomic E-state index is 13.6. The van der Waals surface area contributed by atoms with Crippen LogP contribution in [0.1, 0.15) is 12.5 Å². The lowest BCUT2D eigenvalue weighted by Gasteiger charge is -2.27. The number of nitrogens with zero attached hydrogens (tertiary/aromatic N) is 3. The van der Waals surface area contributed by atoms with Crippen molar-refractivity contribution in [2.45, 2.75) is 23.1 Å². The molecule has 12 heteroatoms. The number of benzene rings is 2. The van der Waals surface area contributed by atoms with Gasteiger partial charge in [0.15, 0.2) is 16.0 Å². The van der Waals surface area contributed by atoms with E-state index in [4.69, 9.17) is 0 Å². The Labute approximate surface area is 186 Å². The highest BCUT2D eigenvalue weighted by atomic mass is 32.2. The third-order valence-corrected chi connectivity index (χ3v) is 7.37. The first-order valence-electron chi connectivity index (χ1n) is 8.90. The van der Waals surface area contributed by atoms with Crippen molar-refractivity contribution in [1.82, 2.24) is 10.2 Å². The fraction of sp³-hybridized carbons (Fsp3) is 0.211. The second-order valence-electron chi connectivity index (χ2n) is 6.47. The number of carbonyl (C=O) groups excluding carboxylic acids is 1. The van der Waals surface area contributed by atoms with Crippen LogP contribution in [0.3, 0.4) is 0 Å². The van der Waals surface area contributed by atoms with Gasteiger partial charge < -0.3 is 0 Å². The quantitative estimate of drug-likeness (QED) is 0.385. The van der Waals surface area contributed by atoms with E-state index in [-0.39, 0.29) is 10.8 Å². The number of hydrogen-bond acceptors (Lipinski definition) is 7. The molecule has 0 saturated heterocycles. The first-order chi connectivity index (χ1) is 14.6. The van der Waals surface area contributed by atoms with Crippen LogP contribution >= 0.6 is 23.1 Å². The molecule has 0 aliphatic heterocycles. The molecule has 3 aromatic rings. The van der Waals surface area contributed by atoms with Crippen molar-refractivity contribution in [1.29, 1.82) is 0 Å². The summed E-state index contributed by atoms with van der Waals surface area (Å²) in [7, 11) is -3.97. The van der Waals surface area contributed by atoms with Crippen molar-refractivity contribution >= 4 is 49.8 Å². The Morgan fingerprint density at radius 1 is 1.16 bits per heavy atom. The molecule has 0 bridgehead atoms. The molecule has 1 amide bonds. The molecule has 0 aliphatic rings. The molecular weight excluding hydrogens is 466 g/mol. The van der Waals surface area contributed by atoms with Crippen molar-refractivity contribution < 1.29 is 22.0 Å². The third kappa shape index (κ3) is 5.99. The van der Waals surface area contributed by atoms with Crippen LogP contribution in [-0.2, 0) is 20.6 Å². The van der Waals surface area contributed by atoms with Gasteiger partial charge in [0, 0.05) is 11.8 Å². The summed E-state index contributed by atoms with van der Waals surface area (Å²) >= 11 is 2.60. The Morgan fingerprint density at radius 3 is 2.52 bits per heavy atom. The van der Waals surface area contributed by atoms with Gasteiger partial charge in [-0.3, -0.25) is 14.4 Å². The van der Waals surface area contributed by atoms with Crippen molar-refractivity contribution in [2.24, 2.45) is 0 Å². The molecule has 1 N–H and O–H groups in total. The smallest absolute Gasteiger partial charge is 0.249 e. The molecule has 31 heavy (non-hydrogen) atoms. The third-order valence-electron chi connectivity index (χ3n) is 4.09. The summed E-state index contributed by atoms with van der Waals surface area (Å²) in [5.74, 6) is -2.35. The molecule has 1 aromatic heterocycles. The fourth-order valence-corrected chi connectivity index (χ4v) is 5.56. The molecule has 2 aromatic carbocycles. The van der Waals surface area contributed by atoms with Crippen LogP contribution in [0.15, 0.2) is 52.9 Å². The largest absolute Gasteiger partial charge is 0.299 e. The van der Waals surface area contributed by atoms with E-state index in [9.17, 15) is 22.0 Å². The fourth-order valence-electron chi connectivity index (χ4n) is 2.68. The van der Waals surface area contributed by atoms with E-state index in [1.807, 2.05) is 30.3 Å². The van der Waals surface area contributed by atoms with Crippen LogP contribution in [0, 0.1) is 11.6 Å². The number of rotatable bonds is 8. The molecule has 1 atom stereocenters. The zero-order valence-electron chi connectivity index (χ0n) is 16.5. The summed E-state index contributed by atoms with van der Waals surface area (Å²) in [6.07, 6.45) is 0.876. The molecule has 1 heterocycles. The number of halogens is 2. The zero-order valence-corrected chi connectivity index (χ0v) is 18.9. The van der Waals surface area contributed by atoms with Crippen LogP contribution in [0.5, 0.6) is 0 Å². The first-order valence-corrected chi connectivity index (χ1v) is 12.6. The lowest BCUT2D eigenvalue weighted by Crippen LogP contribution is -2.45. The topological polar surface area (TPSA) is 92.3 Å². The van der Waals surface area contributed by atoms with E-state index in [0.717, 1.165) is 45.7 Å². The summed E-state index contributed by atoms with van der Waals surface area (Å²) in [5, 5.41) is 10.6. The van der Waals surface area contributed by atoms with Crippen molar-refractivity contribution in [3.8, 4) is 0 Å². The molecule has 0 saturated carbocycles. The Morgan fingerprint density at radius 2 is 1.87 bits per heavy atom. The maximum Gasteiger partial charge on any atom is 0.249 e. The van der Waals surface area contributed by atoms with Gasteiger partial charge in [-0.15, -0.1) is 10.2 Å². The predicted octanol–water partition coefficient (Wildman–Crippen LogP) is 3.90. The minimum atomic E-state index is -3.97. The molecule has 0 unspecified atom stereocenters. The number of aromatic nitrogens is 2. The molecule has 0 aliphatic carbocycles. The van der Waals surface area contributed by atoms with Crippen LogP contribution < -0.4 is 9.62 Å². The Bertz CT molecular complexity index is 1170. The molecule has 7 nitrogen and oxygen atoms in total. The minimum absolute atomic E-state index is 0.166. The van der Waals surface area contributed by atoms with Gasteiger partial charge in [-0.05, 0) is 24.6 Å². The van der Waals surface area contributed by atoms with Crippen molar-refractivity contribution in [2.75, 3.05) is 15.9 Å². The van der Waals surface area contributed by atoms with E-state index in [0.29, 0.717) is 10.1 Å².